The fourth-order valence-electron chi connectivity index (χ4n) is 5.56. The van der Waals surface area contributed by atoms with Crippen LogP contribution in [0.25, 0.3) is 28.3 Å². The monoisotopic (exact) mass is 471 g/mol. The Bertz CT molecular complexity index is 1380. The third-order valence-electron chi connectivity index (χ3n) is 7.39. The molecule has 0 spiro atoms. The fourth-order valence-corrected chi connectivity index (χ4v) is 5.56. The maximum absolute atomic E-state index is 13.5. The molecule has 0 aliphatic carbocycles. The highest BCUT2D eigenvalue weighted by Gasteiger charge is 2.41. The number of rotatable bonds is 4. The van der Waals surface area contributed by atoms with Gasteiger partial charge in [0.15, 0.2) is 5.82 Å². The van der Waals surface area contributed by atoms with Crippen LogP contribution >= 0.6 is 0 Å². The maximum Gasteiger partial charge on any atom is 0.161 e. The van der Waals surface area contributed by atoms with E-state index in [1.54, 1.807) is 0 Å². The van der Waals surface area contributed by atoms with Gasteiger partial charge in [-0.15, -0.1) is 0 Å². The van der Waals surface area contributed by atoms with Gasteiger partial charge in [0.2, 0.25) is 0 Å². The van der Waals surface area contributed by atoms with E-state index in [9.17, 15) is 9.50 Å². The first kappa shape index (κ1) is 22.1. The summed E-state index contributed by atoms with van der Waals surface area (Å²) >= 11 is 0. The average Bonchev–Trinajstić information content (AvgIpc) is 3.50. The van der Waals surface area contributed by atoms with E-state index in [0.717, 1.165) is 47.1 Å². The lowest BCUT2D eigenvalue weighted by Gasteiger charge is -2.26. The van der Waals surface area contributed by atoms with Crippen molar-refractivity contribution in [2.75, 3.05) is 38.6 Å². The average molecular weight is 472 g/mol. The third kappa shape index (κ3) is 3.85. The minimum Gasteiger partial charge on any atom is -0.388 e. The SMILES string of the molecule is CN(C)C[C@H]1CN(c2ccc3c(c2)Cn2cc(-c4ccc(F)cc4)cc2-c2nccn2-3)C[C@@]1(C)O. The summed E-state index contributed by atoms with van der Waals surface area (Å²) in [5, 5.41) is 11.1. The number of aliphatic hydroxyl groups is 1. The van der Waals surface area contributed by atoms with Gasteiger partial charge in [-0.1, -0.05) is 12.1 Å². The minimum atomic E-state index is -0.730. The van der Waals surface area contributed by atoms with E-state index in [0.29, 0.717) is 13.1 Å². The number of hydrogen-bond donors (Lipinski definition) is 1. The summed E-state index contributed by atoms with van der Waals surface area (Å²) in [6.45, 7) is 4.94. The highest BCUT2D eigenvalue weighted by molar-refractivity contribution is 5.72. The van der Waals surface area contributed by atoms with Crippen LogP contribution in [0.2, 0.25) is 0 Å². The summed E-state index contributed by atoms with van der Waals surface area (Å²) in [6, 6.07) is 15.3. The largest absolute Gasteiger partial charge is 0.388 e. The van der Waals surface area contributed by atoms with Gasteiger partial charge in [0, 0.05) is 61.9 Å². The lowest BCUT2D eigenvalue weighted by molar-refractivity contribution is 0.0270. The summed E-state index contributed by atoms with van der Waals surface area (Å²) < 4.78 is 17.8. The van der Waals surface area contributed by atoms with Gasteiger partial charge in [0.1, 0.15) is 5.82 Å². The van der Waals surface area contributed by atoms with Gasteiger partial charge >= 0.3 is 0 Å². The Morgan fingerprint density at radius 3 is 2.69 bits per heavy atom. The lowest BCUT2D eigenvalue weighted by atomic mass is 9.93. The highest BCUT2D eigenvalue weighted by atomic mass is 19.1. The van der Waals surface area contributed by atoms with Crippen molar-refractivity contribution in [3.63, 3.8) is 0 Å². The van der Waals surface area contributed by atoms with Crippen LogP contribution in [-0.2, 0) is 6.54 Å². The molecule has 2 atom stereocenters. The Balaban J connectivity index is 1.38. The van der Waals surface area contributed by atoms with Gasteiger partial charge in [0.25, 0.3) is 0 Å². The quantitative estimate of drug-likeness (QED) is 0.426. The Morgan fingerprint density at radius 2 is 1.91 bits per heavy atom. The van der Waals surface area contributed by atoms with E-state index in [-0.39, 0.29) is 11.7 Å². The summed E-state index contributed by atoms with van der Waals surface area (Å²) in [5.74, 6) is 0.839. The molecule has 1 fully saturated rings. The number of fused-ring (bicyclic) bond motifs is 5. The Hall–Kier alpha value is -3.42. The molecule has 7 heteroatoms. The number of β-amino-alcohol motifs (C(OH)–C–C–N with tert-alkyl or cyclic N) is 1. The second-order valence-corrected chi connectivity index (χ2v) is 10.4. The van der Waals surface area contributed by atoms with Gasteiger partial charge in [0.05, 0.1) is 17.0 Å². The van der Waals surface area contributed by atoms with Crippen molar-refractivity contribution in [3.8, 4) is 28.3 Å². The molecule has 0 amide bonds. The standard InChI is InChI=1S/C28H30FN5O/c1-28(35)18-33(17-22(28)16-31(2)3)24-8-9-25-21(12-24)15-32-14-20(19-4-6-23(29)7-5-19)13-26(32)27-30-10-11-34(25)27/h4-14,22,35H,15-18H2,1-3H3/t22-,28+/m0/s1. The van der Waals surface area contributed by atoms with Crippen molar-refractivity contribution in [1.82, 2.24) is 19.0 Å². The predicted octanol–water partition coefficient (Wildman–Crippen LogP) is 4.26. The molecule has 2 aromatic carbocycles. The molecule has 0 saturated carbocycles. The van der Waals surface area contributed by atoms with Crippen molar-refractivity contribution < 1.29 is 9.50 Å². The van der Waals surface area contributed by atoms with Crippen molar-refractivity contribution >= 4 is 5.69 Å². The molecule has 1 N–H and O–H groups in total. The van der Waals surface area contributed by atoms with Gasteiger partial charge in [-0.3, -0.25) is 4.57 Å². The number of aromatic nitrogens is 3. The normalized spacial score (nSPS) is 21.1. The molecule has 2 aliphatic heterocycles. The topological polar surface area (TPSA) is 49.5 Å². The number of imidazole rings is 1. The summed E-state index contributed by atoms with van der Waals surface area (Å²) in [7, 11) is 4.11. The summed E-state index contributed by atoms with van der Waals surface area (Å²) in [4.78, 5) is 9.11. The molecule has 180 valence electrons. The maximum atomic E-state index is 13.5. The van der Waals surface area contributed by atoms with Crippen LogP contribution < -0.4 is 4.90 Å². The molecule has 0 unspecified atom stereocenters. The van der Waals surface area contributed by atoms with Crippen molar-refractivity contribution in [2.45, 2.75) is 19.1 Å². The fraction of sp³-hybridized carbons (Fsp3) is 0.321. The van der Waals surface area contributed by atoms with E-state index in [1.165, 1.54) is 17.7 Å². The number of halogens is 1. The second-order valence-electron chi connectivity index (χ2n) is 10.4. The van der Waals surface area contributed by atoms with Gasteiger partial charge < -0.3 is 19.5 Å². The van der Waals surface area contributed by atoms with E-state index in [1.807, 2.05) is 31.5 Å². The molecule has 1 saturated heterocycles. The Labute approximate surface area is 204 Å². The molecular weight excluding hydrogens is 441 g/mol. The molecule has 6 nitrogen and oxygen atoms in total. The third-order valence-corrected chi connectivity index (χ3v) is 7.39. The molecule has 35 heavy (non-hydrogen) atoms. The molecular formula is C28H30FN5O. The second kappa shape index (κ2) is 8.07. The molecule has 0 bridgehead atoms. The predicted molar refractivity (Wildman–Crippen MR) is 136 cm³/mol. The van der Waals surface area contributed by atoms with Gasteiger partial charge in [-0.05, 0) is 68.5 Å². The molecule has 6 rings (SSSR count). The van der Waals surface area contributed by atoms with E-state index in [2.05, 4.69) is 68.5 Å². The van der Waals surface area contributed by atoms with Crippen LogP contribution in [-0.4, -0.2) is 63.5 Å². The van der Waals surface area contributed by atoms with Crippen molar-refractivity contribution in [1.29, 1.82) is 0 Å². The van der Waals surface area contributed by atoms with Crippen LogP contribution in [0, 0.1) is 11.7 Å². The first-order valence-electron chi connectivity index (χ1n) is 12.0. The molecule has 0 radical (unpaired) electrons. The van der Waals surface area contributed by atoms with Crippen molar-refractivity contribution in [2.24, 2.45) is 5.92 Å². The Kier molecular flexibility index (Phi) is 5.09. The number of nitrogens with zero attached hydrogens (tertiary/aromatic N) is 5. The van der Waals surface area contributed by atoms with E-state index >= 15 is 0 Å². The van der Waals surface area contributed by atoms with Crippen LogP contribution in [0.5, 0.6) is 0 Å². The van der Waals surface area contributed by atoms with Crippen LogP contribution in [0.4, 0.5) is 10.1 Å². The number of benzene rings is 2. The molecule has 4 heterocycles. The minimum absolute atomic E-state index is 0.186. The van der Waals surface area contributed by atoms with Crippen LogP contribution in [0.1, 0.15) is 12.5 Å². The smallest absolute Gasteiger partial charge is 0.161 e. The van der Waals surface area contributed by atoms with Crippen molar-refractivity contribution in [3.05, 3.63) is 78.5 Å². The lowest BCUT2D eigenvalue weighted by Crippen LogP contribution is -2.39. The van der Waals surface area contributed by atoms with E-state index in [4.69, 9.17) is 0 Å². The first-order valence-corrected chi connectivity index (χ1v) is 12.0. The zero-order valence-corrected chi connectivity index (χ0v) is 20.3. The number of hydrogen-bond acceptors (Lipinski definition) is 4. The first-order chi connectivity index (χ1) is 16.8. The summed E-state index contributed by atoms with van der Waals surface area (Å²) in [6.07, 6.45) is 5.95. The van der Waals surface area contributed by atoms with Gasteiger partial charge in [-0.2, -0.15) is 0 Å². The van der Waals surface area contributed by atoms with E-state index < -0.39 is 5.60 Å². The zero-order chi connectivity index (χ0) is 24.3. The number of anilines is 1. The van der Waals surface area contributed by atoms with Gasteiger partial charge in [-0.25, -0.2) is 9.37 Å². The Morgan fingerprint density at radius 1 is 1.11 bits per heavy atom. The molecule has 2 aromatic heterocycles. The summed E-state index contributed by atoms with van der Waals surface area (Å²) in [5.41, 5.74) is 5.75. The van der Waals surface area contributed by atoms with Crippen LogP contribution in [0.15, 0.2) is 67.1 Å². The molecule has 2 aliphatic rings. The highest BCUT2D eigenvalue weighted by Crippen LogP contribution is 2.37. The molecule has 4 aromatic rings. The van der Waals surface area contributed by atoms with Crippen LogP contribution in [0.3, 0.4) is 0 Å². The zero-order valence-electron chi connectivity index (χ0n) is 20.3.